The Kier molecular flexibility index (Phi) is 6.31. The van der Waals surface area contributed by atoms with Crippen LogP contribution in [0, 0.1) is 6.92 Å². The highest BCUT2D eigenvalue weighted by Crippen LogP contribution is 2.22. The number of anilines is 1. The van der Waals surface area contributed by atoms with Crippen molar-refractivity contribution in [2.45, 2.75) is 18.2 Å². The van der Waals surface area contributed by atoms with Crippen LogP contribution in [-0.2, 0) is 26.0 Å². The lowest BCUT2D eigenvalue weighted by atomic mass is 10.1. The van der Waals surface area contributed by atoms with E-state index in [2.05, 4.69) is 5.32 Å². The third-order valence-electron chi connectivity index (χ3n) is 4.69. The zero-order chi connectivity index (χ0) is 21.0. The van der Waals surface area contributed by atoms with E-state index in [0.717, 1.165) is 0 Å². The average molecular weight is 417 g/mol. The summed E-state index contributed by atoms with van der Waals surface area (Å²) in [5, 5.41) is 2.76. The summed E-state index contributed by atoms with van der Waals surface area (Å²) in [6.07, 6.45) is -0.0130. The van der Waals surface area contributed by atoms with Crippen LogP contribution < -0.4 is 11.1 Å². The van der Waals surface area contributed by atoms with Gasteiger partial charge < -0.3 is 15.8 Å². The number of aryl methyl sites for hydroxylation is 1. The number of morpholine rings is 1. The molecule has 0 aliphatic carbocycles. The van der Waals surface area contributed by atoms with Crippen molar-refractivity contribution in [2.75, 3.05) is 31.6 Å². The van der Waals surface area contributed by atoms with Crippen LogP contribution in [0.15, 0.2) is 47.4 Å². The Labute approximate surface area is 169 Å². The number of para-hydroxylation sites is 1. The summed E-state index contributed by atoms with van der Waals surface area (Å²) in [4.78, 5) is 24.2. The van der Waals surface area contributed by atoms with Gasteiger partial charge in [-0.3, -0.25) is 9.59 Å². The minimum Gasteiger partial charge on any atom is -0.379 e. The second kappa shape index (κ2) is 8.73. The highest BCUT2D eigenvalue weighted by Gasteiger charge is 2.27. The molecule has 0 spiro atoms. The fraction of sp³-hybridized carbons (Fsp3) is 0.300. The maximum atomic E-state index is 12.9. The number of primary amides is 1. The average Bonchev–Trinajstić information content (AvgIpc) is 2.70. The van der Waals surface area contributed by atoms with E-state index in [0.29, 0.717) is 30.0 Å². The molecule has 154 valence electrons. The van der Waals surface area contributed by atoms with Crippen molar-refractivity contribution in [2.24, 2.45) is 5.73 Å². The second-order valence-electron chi connectivity index (χ2n) is 6.75. The number of nitrogens with one attached hydrogen (secondary N) is 1. The van der Waals surface area contributed by atoms with Gasteiger partial charge in [-0.2, -0.15) is 4.31 Å². The van der Waals surface area contributed by atoms with E-state index >= 15 is 0 Å². The molecule has 1 heterocycles. The van der Waals surface area contributed by atoms with E-state index in [1.54, 1.807) is 37.3 Å². The zero-order valence-corrected chi connectivity index (χ0v) is 16.9. The van der Waals surface area contributed by atoms with Crippen molar-refractivity contribution in [3.8, 4) is 0 Å². The molecule has 2 aromatic rings. The summed E-state index contributed by atoms with van der Waals surface area (Å²) >= 11 is 0. The number of carbonyl (C=O) groups excluding carboxylic acids is 2. The number of hydrogen-bond donors (Lipinski definition) is 2. The molecule has 1 aliphatic heterocycles. The summed E-state index contributed by atoms with van der Waals surface area (Å²) in [5.41, 5.74) is 7.19. The SMILES string of the molecule is Cc1ccc(S(=O)(=O)N2CCOCC2)cc1C(=O)Nc1ccccc1CC(N)=O. The Morgan fingerprint density at radius 1 is 1.14 bits per heavy atom. The van der Waals surface area contributed by atoms with E-state index < -0.39 is 21.8 Å². The molecular weight excluding hydrogens is 394 g/mol. The first-order chi connectivity index (χ1) is 13.8. The fourth-order valence-corrected chi connectivity index (χ4v) is 4.55. The van der Waals surface area contributed by atoms with Crippen LogP contribution in [0.5, 0.6) is 0 Å². The van der Waals surface area contributed by atoms with Crippen LogP contribution >= 0.6 is 0 Å². The van der Waals surface area contributed by atoms with E-state index in [9.17, 15) is 18.0 Å². The number of amides is 2. The molecule has 0 atom stereocenters. The standard InChI is InChI=1S/C20H23N3O5S/c1-14-6-7-16(29(26,27)23-8-10-28-11-9-23)13-17(14)20(25)22-18-5-3-2-4-15(18)12-19(21)24/h2-7,13H,8-12H2,1H3,(H2,21,24)(H,22,25). The highest BCUT2D eigenvalue weighted by molar-refractivity contribution is 7.89. The third-order valence-corrected chi connectivity index (χ3v) is 6.59. The number of benzene rings is 2. The molecule has 9 heteroatoms. The van der Waals surface area contributed by atoms with E-state index in [4.69, 9.17) is 10.5 Å². The van der Waals surface area contributed by atoms with E-state index in [-0.39, 0.29) is 30.0 Å². The highest BCUT2D eigenvalue weighted by atomic mass is 32.2. The molecule has 0 saturated carbocycles. The number of hydrogen-bond acceptors (Lipinski definition) is 5. The first-order valence-corrected chi connectivity index (χ1v) is 10.6. The summed E-state index contributed by atoms with van der Waals surface area (Å²) in [5.74, 6) is -0.972. The summed E-state index contributed by atoms with van der Waals surface area (Å²) in [7, 11) is -3.72. The van der Waals surface area contributed by atoms with Crippen LogP contribution in [0.4, 0.5) is 5.69 Å². The van der Waals surface area contributed by atoms with Crippen molar-refractivity contribution in [3.05, 3.63) is 59.2 Å². The Hall–Kier alpha value is -2.75. The molecule has 0 unspecified atom stereocenters. The first-order valence-electron chi connectivity index (χ1n) is 9.15. The predicted molar refractivity (Wildman–Crippen MR) is 108 cm³/mol. The van der Waals surface area contributed by atoms with Gasteiger partial charge in [-0.05, 0) is 36.2 Å². The van der Waals surface area contributed by atoms with E-state index in [1.807, 2.05) is 0 Å². The molecule has 0 bridgehead atoms. The van der Waals surface area contributed by atoms with Crippen molar-refractivity contribution < 1.29 is 22.7 Å². The lowest BCUT2D eigenvalue weighted by Gasteiger charge is -2.26. The van der Waals surface area contributed by atoms with Crippen molar-refractivity contribution in [3.63, 3.8) is 0 Å². The monoisotopic (exact) mass is 417 g/mol. The Balaban J connectivity index is 1.89. The number of nitrogens with zero attached hydrogens (tertiary/aromatic N) is 1. The Bertz CT molecular complexity index is 1030. The topological polar surface area (TPSA) is 119 Å². The summed E-state index contributed by atoms with van der Waals surface area (Å²) in [6, 6.07) is 11.3. The number of sulfonamides is 1. The maximum Gasteiger partial charge on any atom is 0.255 e. The van der Waals surface area contributed by atoms with Crippen LogP contribution in [0.3, 0.4) is 0 Å². The second-order valence-corrected chi connectivity index (χ2v) is 8.69. The van der Waals surface area contributed by atoms with Gasteiger partial charge >= 0.3 is 0 Å². The fourth-order valence-electron chi connectivity index (χ4n) is 3.12. The predicted octanol–water partition coefficient (Wildman–Crippen LogP) is 1.30. The molecule has 1 aliphatic rings. The van der Waals surface area contributed by atoms with Gasteiger partial charge in [0, 0.05) is 24.3 Å². The van der Waals surface area contributed by atoms with Crippen molar-refractivity contribution in [1.29, 1.82) is 0 Å². The molecule has 2 amide bonds. The third kappa shape index (κ3) is 4.81. The minimum atomic E-state index is -3.72. The van der Waals surface area contributed by atoms with Gasteiger partial charge in [0.15, 0.2) is 0 Å². The molecular formula is C20H23N3O5S. The van der Waals surface area contributed by atoms with Crippen molar-refractivity contribution in [1.82, 2.24) is 4.31 Å². The normalized spacial score (nSPS) is 15.1. The molecule has 29 heavy (non-hydrogen) atoms. The summed E-state index contributed by atoms with van der Waals surface area (Å²) < 4.78 is 32.4. The van der Waals surface area contributed by atoms with Gasteiger partial charge in [0.05, 0.1) is 24.5 Å². The number of ether oxygens (including phenoxy) is 1. The maximum absolute atomic E-state index is 12.9. The molecule has 1 fully saturated rings. The lowest BCUT2D eigenvalue weighted by Crippen LogP contribution is -2.40. The Morgan fingerprint density at radius 3 is 2.52 bits per heavy atom. The smallest absolute Gasteiger partial charge is 0.255 e. The molecule has 0 aromatic heterocycles. The molecule has 3 rings (SSSR count). The zero-order valence-electron chi connectivity index (χ0n) is 16.1. The Morgan fingerprint density at radius 2 is 1.83 bits per heavy atom. The lowest BCUT2D eigenvalue weighted by molar-refractivity contribution is -0.117. The summed E-state index contributed by atoms with van der Waals surface area (Å²) in [6.45, 7) is 2.97. The van der Waals surface area contributed by atoms with E-state index in [1.165, 1.54) is 16.4 Å². The van der Waals surface area contributed by atoms with Gasteiger partial charge in [-0.25, -0.2) is 8.42 Å². The largest absolute Gasteiger partial charge is 0.379 e. The van der Waals surface area contributed by atoms with Crippen LogP contribution in [-0.4, -0.2) is 50.8 Å². The number of nitrogens with two attached hydrogens (primary N) is 1. The van der Waals surface area contributed by atoms with Gasteiger partial charge in [0.2, 0.25) is 15.9 Å². The minimum absolute atomic E-state index is 0.0130. The van der Waals surface area contributed by atoms with Crippen LogP contribution in [0.1, 0.15) is 21.5 Å². The first kappa shape index (κ1) is 21.0. The van der Waals surface area contributed by atoms with Gasteiger partial charge in [-0.15, -0.1) is 0 Å². The van der Waals surface area contributed by atoms with Gasteiger partial charge in [0.25, 0.3) is 5.91 Å². The molecule has 3 N–H and O–H groups in total. The molecule has 8 nitrogen and oxygen atoms in total. The quantitative estimate of drug-likeness (QED) is 0.734. The van der Waals surface area contributed by atoms with Crippen molar-refractivity contribution >= 4 is 27.5 Å². The molecule has 1 saturated heterocycles. The number of carbonyl (C=O) groups is 2. The van der Waals surface area contributed by atoms with Crippen LogP contribution in [0.2, 0.25) is 0 Å². The molecule has 0 radical (unpaired) electrons. The van der Waals surface area contributed by atoms with Gasteiger partial charge in [-0.1, -0.05) is 24.3 Å². The number of rotatable bonds is 6. The van der Waals surface area contributed by atoms with Crippen LogP contribution in [0.25, 0.3) is 0 Å². The molecule has 2 aromatic carbocycles. The van der Waals surface area contributed by atoms with Gasteiger partial charge in [0.1, 0.15) is 0 Å².